The molecule has 1 heterocycles. The van der Waals surface area contributed by atoms with Crippen LogP contribution in [0.15, 0.2) is 22.6 Å². The van der Waals surface area contributed by atoms with Crippen LogP contribution in [0.2, 0.25) is 0 Å². The van der Waals surface area contributed by atoms with E-state index >= 15 is 0 Å². The highest BCUT2D eigenvalue weighted by atomic mass is 32.2. The molecule has 0 amide bonds. The quantitative estimate of drug-likeness (QED) is 0.809. The largest absolute Gasteiger partial charge is 0.423 e. The maximum absolute atomic E-state index is 11.1. The lowest BCUT2D eigenvalue weighted by Crippen LogP contribution is -2.22. The topological polar surface area (TPSA) is 81.2 Å². The van der Waals surface area contributed by atoms with Crippen molar-refractivity contribution in [1.82, 2.24) is 4.98 Å². The van der Waals surface area contributed by atoms with Crippen LogP contribution in [-0.2, 0) is 10.8 Å². The number of nitrogen functional groups attached to an aromatic ring is 1. The van der Waals surface area contributed by atoms with Gasteiger partial charge < -0.3 is 15.5 Å². The summed E-state index contributed by atoms with van der Waals surface area (Å²) in [6.45, 7) is 1.94. The summed E-state index contributed by atoms with van der Waals surface area (Å²) in [5.41, 5.74) is 7.70. The average molecular weight is 253 g/mol. The number of rotatable bonds is 4. The molecule has 17 heavy (non-hydrogen) atoms. The molecule has 0 fully saturated rings. The standard InChI is InChI=1S/C11H15N3O2S/c1-7(6-17(2)15)13-11-14-9-4-3-8(12)5-10(9)16-11/h3-5,7H,6,12H2,1-2H3,(H,13,14). The van der Waals surface area contributed by atoms with Crippen LogP contribution in [-0.4, -0.2) is 27.2 Å². The molecular formula is C11H15N3O2S. The van der Waals surface area contributed by atoms with Gasteiger partial charge in [0.15, 0.2) is 5.58 Å². The van der Waals surface area contributed by atoms with E-state index in [1.807, 2.05) is 13.0 Å². The van der Waals surface area contributed by atoms with Gasteiger partial charge in [-0.1, -0.05) is 0 Å². The normalized spacial score (nSPS) is 14.7. The number of fused-ring (bicyclic) bond motifs is 1. The number of anilines is 2. The Bertz CT molecular complexity index is 553. The van der Waals surface area contributed by atoms with Crippen LogP contribution < -0.4 is 11.1 Å². The molecular weight excluding hydrogens is 238 g/mol. The van der Waals surface area contributed by atoms with E-state index in [4.69, 9.17) is 10.2 Å². The van der Waals surface area contributed by atoms with Crippen LogP contribution in [0.5, 0.6) is 0 Å². The number of hydrogen-bond acceptors (Lipinski definition) is 5. The highest BCUT2D eigenvalue weighted by Crippen LogP contribution is 2.21. The molecule has 0 aliphatic rings. The fraction of sp³-hybridized carbons (Fsp3) is 0.364. The molecule has 0 aliphatic carbocycles. The second kappa shape index (κ2) is 4.75. The Morgan fingerprint density at radius 3 is 3.06 bits per heavy atom. The number of nitrogens with two attached hydrogens (primary N) is 1. The molecule has 0 saturated carbocycles. The molecule has 6 heteroatoms. The number of nitrogens with zero attached hydrogens (tertiary/aromatic N) is 1. The minimum atomic E-state index is -0.843. The predicted molar refractivity (Wildman–Crippen MR) is 70.4 cm³/mol. The second-order valence-corrected chi connectivity index (χ2v) is 5.51. The van der Waals surface area contributed by atoms with Gasteiger partial charge in [-0.15, -0.1) is 0 Å². The lowest BCUT2D eigenvalue weighted by molar-refractivity contribution is 0.605. The summed E-state index contributed by atoms with van der Waals surface area (Å²) in [4.78, 5) is 4.27. The van der Waals surface area contributed by atoms with Crippen molar-refractivity contribution in [2.45, 2.75) is 13.0 Å². The van der Waals surface area contributed by atoms with E-state index in [0.717, 1.165) is 5.52 Å². The molecule has 0 bridgehead atoms. The van der Waals surface area contributed by atoms with E-state index in [1.165, 1.54) is 0 Å². The van der Waals surface area contributed by atoms with Crippen LogP contribution in [0.4, 0.5) is 11.7 Å². The van der Waals surface area contributed by atoms with E-state index in [9.17, 15) is 4.21 Å². The van der Waals surface area contributed by atoms with Crippen LogP contribution in [0.3, 0.4) is 0 Å². The maximum atomic E-state index is 11.1. The first-order valence-corrected chi connectivity index (χ1v) is 7.00. The third kappa shape index (κ3) is 2.97. The van der Waals surface area contributed by atoms with Crippen LogP contribution in [0, 0.1) is 0 Å². The van der Waals surface area contributed by atoms with Crippen molar-refractivity contribution in [3.63, 3.8) is 0 Å². The Labute approximate surface area is 102 Å². The minimum absolute atomic E-state index is 0.0474. The first-order chi connectivity index (χ1) is 8.04. The van der Waals surface area contributed by atoms with E-state index in [2.05, 4.69) is 10.3 Å². The SMILES string of the molecule is CC(CS(C)=O)Nc1nc2ccc(N)cc2o1. The van der Waals surface area contributed by atoms with E-state index in [0.29, 0.717) is 23.0 Å². The lowest BCUT2D eigenvalue weighted by atomic mass is 10.3. The summed E-state index contributed by atoms with van der Waals surface area (Å²) in [5.74, 6) is 0.556. The van der Waals surface area contributed by atoms with Gasteiger partial charge in [-0.25, -0.2) is 0 Å². The summed E-state index contributed by atoms with van der Waals surface area (Å²) in [6, 6.07) is 5.80. The minimum Gasteiger partial charge on any atom is -0.423 e. The number of aromatic nitrogens is 1. The Morgan fingerprint density at radius 1 is 1.59 bits per heavy atom. The Morgan fingerprint density at radius 2 is 2.35 bits per heavy atom. The van der Waals surface area contributed by atoms with Gasteiger partial charge in [0.1, 0.15) is 5.52 Å². The molecule has 2 atom stereocenters. The Kier molecular flexibility index (Phi) is 3.33. The maximum Gasteiger partial charge on any atom is 0.295 e. The molecule has 2 rings (SSSR count). The monoisotopic (exact) mass is 253 g/mol. The van der Waals surface area contributed by atoms with Crippen LogP contribution in [0.25, 0.3) is 11.1 Å². The second-order valence-electron chi connectivity index (χ2n) is 4.03. The van der Waals surface area contributed by atoms with Crippen molar-refractivity contribution in [2.24, 2.45) is 0 Å². The summed E-state index contributed by atoms with van der Waals surface area (Å²) in [7, 11) is -0.843. The first kappa shape index (κ1) is 11.9. The van der Waals surface area contributed by atoms with Gasteiger partial charge in [-0.2, -0.15) is 4.98 Å². The molecule has 1 aromatic heterocycles. The highest BCUT2D eigenvalue weighted by molar-refractivity contribution is 7.84. The Hall–Kier alpha value is -1.56. The third-order valence-corrected chi connectivity index (χ3v) is 3.24. The first-order valence-electron chi connectivity index (χ1n) is 5.27. The number of hydrogen-bond donors (Lipinski definition) is 2. The smallest absolute Gasteiger partial charge is 0.295 e. The van der Waals surface area contributed by atoms with Crippen LogP contribution >= 0.6 is 0 Å². The molecule has 2 aromatic rings. The summed E-state index contributed by atoms with van der Waals surface area (Å²) >= 11 is 0. The average Bonchev–Trinajstić information content (AvgIpc) is 2.57. The Balaban J connectivity index is 2.16. The summed E-state index contributed by atoms with van der Waals surface area (Å²) < 4.78 is 16.6. The molecule has 2 unspecified atom stereocenters. The van der Waals surface area contributed by atoms with E-state index < -0.39 is 10.8 Å². The molecule has 0 spiro atoms. The molecule has 0 saturated heterocycles. The van der Waals surface area contributed by atoms with E-state index in [1.54, 1.807) is 18.4 Å². The molecule has 0 radical (unpaired) electrons. The summed E-state index contributed by atoms with van der Waals surface area (Å²) in [5, 5.41) is 3.07. The van der Waals surface area contributed by atoms with Crippen molar-refractivity contribution in [1.29, 1.82) is 0 Å². The zero-order valence-electron chi connectivity index (χ0n) is 9.77. The highest BCUT2D eigenvalue weighted by Gasteiger charge is 2.10. The number of benzene rings is 1. The van der Waals surface area contributed by atoms with Gasteiger partial charge in [-0.3, -0.25) is 4.21 Å². The van der Waals surface area contributed by atoms with Crippen molar-refractivity contribution in [3.05, 3.63) is 18.2 Å². The van der Waals surface area contributed by atoms with E-state index in [-0.39, 0.29) is 6.04 Å². The van der Waals surface area contributed by atoms with Gasteiger partial charge in [0.25, 0.3) is 6.01 Å². The molecule has 5 nitrogen and oxygen atoms in total. The van der Waals surface area contributed by atoms with Gasteiger partial charge in [-0.05, 0) is 19.1 Å². The molecule has 0 aliphatic heterocycles. The fourth-order valence-electron chi connectivity index (χ4n) is 1.61. The van der Waals surface area contributed by atoms with Gasteiger partial charge in [0.2, 0.25) is 0 Å². The third-order valence-electron chi connectivity index (χ3n) is 2.27. The van der Waals surface area contributed by atoms with Crippen molar-refractivity contribution in [3.8, 4) is 0 Å². The van der Waals surface area contributed by atoms with Crippen molar-refractivity contribution >= 4 is 33.6 Å². The number of nitrogens with one attached hydrogen (secondary N) is 1. The molecule has 1 aromatic carbocycles. The molecule has 3 N–H and O–H groups in total. The molecule has 92 valence electrons. The van der Waals surface area contributed by atoms with Gasteiger partial charge in [0.05, 0.1) is 0 Å². The van der Waals surface area contributed by atoms with Crippen LogP contribution in [0.1, 0.15) is 6.92 Å². The van der Waals surface area contributed by atoms with Gasteiger partial charge >= 0.3 is 0 Å². The zero-order valence-corrected chi connectivity index (χ0v) is 10.6. The fourth-order valence-corrected chi connectivity index (χ4v) is 2.39. The number of oxazole rings is 1. The van der Waals surface area contributed by atoms with Gasteiger partial charge in [0, 0.05) is 40.6 Å². The van der Waals surface area contributed by atoms with Crippen molar-refractivity contribution in [2.75, 3.05) is 23.1 Å². The zero-order chi connectivity index (χ0) is 12.4. The van der Waals surface area contributed by atoms with Crippen molar-refractivity contribution < 1.29 is 8.63 Å². The predicted octanol–water partition coefficient (Wildman–Crippen LogP) is 1.59. The lowest BCUT2D eigenvalue weighted by Gasteiger charge is -2.09. The summed E-state index contributed by atoms with van der Waals surface area (Å²) in [6.07, 6.45) is 1.67.